The van der Waals surface area contributed by atoms with Gasteiger partial charge in [-0.05, 0) is 28.8 Å². The highest BCUT2D eigenvalue weighted by atomic mass is 79.9. The molecule has 0 N–H and O–H groups in total. The van der Waals surface area contributed by atoms with E-state index in [1.54, 1.807) is 0 Å². The fourth-order valence-corrected chi connectivity index (χ4v) is 5.19. The maximum atomic E-state index is 6.74. The van der Waals surface area contributed by atoms with Crippen LogP contribution >= 0.6 is 27.5 Å². The zero-order chi connectivity index (χ0) is 18.4. The summed E-state index contributed by atoms with van der Waals surface area (Å²) in [5, 5.41) is -0.176. The van der Waals surface area contributed by atoms with Gasteiger partial charge in [-0.15, -0.1) is 11.6 Å². The minimum atomic E-state index is -0.543. The molecule has 2 nitrogen and oxygen atoms in total. The fraction of sp³-hybridized carbons (Fsp3) is 0.368. The van der Waals surface area contributed by atoms with Gasteiger partial charge in [0.05, 0.1) is 5.38 Å². The molecule has 0 fully saturated rings. The summed E-state index contributed by atoms with van der Waals surface area (Å²) in [6, 6.07) is 16.6. The van der Waals surface area contributed by atoms with Crippen molar-refractivity contribution < 1.29 is 8.85 Å². The van der Waals surface area contributed by atoms with E-state index < -0.39 is 19.5 Å². The van der Waals surface area contributed by atoms with E-state index in [1.807, 2.05) is 12.1 Å². The third kappa shape index (κ3) is 5.28. The number of alkyl halides is 1. The number of benzene rings is 2. The molecule has 0 aliphatic heterocycles. The molecular formula is C19H26BrClO2Si2. The second kappa shape index (κ2) is 9.49. The third-order valence-corrected chi connectivity index (χ3v) is 6.62. The van der Waals surface area contributed by atoms with E-state index in [0.29, 0.717) is 0 Å². The maximum Gasteiger partial charge on any atom is 0.161 e. The van der Waals surface area contributed by atoms with Gasteiger partial charge in [-0.3, -0.25) is 0 Å². The highest BCUT2D eigenvalue weighted by Gasteiger charge is 2.32. The van der Waals surface area contributed by atoms with Gasteiger partial charge >= 0.3 is 0 Å². The van der Waals surface area contributed by atoms with Crippen molar-refractivity contribution in [3.8, 4) is 0 Å². The van der Waals surface area contributed by atoms with Crippen molar-refractivity contribution in [1.82, 2.24) is 0 Å². The van der Waals surface area contributed by atoms with Gasteiger partial charge in [0.1, 0.15) is 6.29 Å². The van der Waals surface area contributed by atoms with E-state index in [9.17, 15) is 0 Å². The third-order valence-electron chi connectivity index (χ3n) is 4.31. The van der Waals surface area contributed by atoms with Gasteiger partial charge in [0.25, 0.3) is 0 Å². The number of hydrogen-bond acceptors (Lipinski definition) is 2. The first-order valence-electron chi connectivity index (χ1n) is 8.63. The van der Waals surface area contributed by atoms with E-state index in [2.05, 4.69) is 79.3 Å². The molecule has 6 heteroatoms. The minimum Gasteiger partial charge on any atom is -0.400 e. The molecular weight excluding hydrogens is 432 g/mol. The lowest BCUT2D eigenvalue weighted by atomic mass is 9.83. The lowest BCUT2D eigenvalue weighted by molar-refractivity contribution is -0.0433. The van der Waals surface area contributed by atoms with Crippen LogP contribution in [0.3, 0.4) is 0 Å². The molecule has 2 aromatic carbocycles. The highest BCUT2D eigenvalue weighted by molar-refractivity contribution is 9.10. The number of hydrogen-bond donors (Lipinski definition) is 0. The summed E-state index contributed by atoms with van der Waals surface area (Å²) in [6.07, 6.45) is -0.169. The van der Waals surface area contributed by atoms with Crippen LogP contribution in [0.5, 0.6) is 0 Å². The van der Waals surface area contributed by atoms with Crippen LogP contribution in [-0.2, 0) is 14.3 Å². The molecule has 0 bridgehead atoms. The van der Waals surface area contributed by atoms with Gasteiger partial charge in [0.2, 0.25) is 0 Å². The monoisotopic (exact) mass is 456 g/mol. The molecule has 0 aliphatic carbocycles. The number of halogens is 2. The van der Waals surface area contributed by atoms with Gasteiger partial charge in [-0.2, -0.15) is 0 Å². The fourth-order valence-electron chi connectivity index (χ4n) is 2.82. The van der Waals surface area contributed by atoms with Crippen LogP contribution in [0.15, 0.2) is 53.0 Å². The van der Waals surface area contributed by atoms with Crippen molar-refractivity contribution >= 4 is 47.1 Å². The lowest BCUT2D eigenvalue weighted by Crippen LogP contribution is -2.39. The average molecular weight is 458 g/mol. The molecule has 1 unspecified atom stereocenters. The summed E-state index contributed by atoms with van der Waals surface area (Å²) in [7, 11) is -1.09. The molecule has 0 heterocycles. The predicted molar refractivity (Wildman–Crippen MR) is 116 cm³/mol. The average Bonchev–Trinajstić information content (AvgIpc) is 2.61. The quantitative estimate of drug-likeness (QED) is 0.325. The molecule has 2 aromatic rings. The Hall–Kier alpha value is -0.436. The first kappa shape index (κ1) is 20.9. The molecule has 0 aliphatic rings. The van der Waals surface area contributed by atoms with Crippen LogP contribution in [0.1, 0.15) is 35.9 Å². The molecule has 1 atom stereocenters. The molecule has 2 rings (SSSR count). The maximum absolute atomic E-state index is 6.74. The Balaban J connectivity index is 2.31. The minimum absolute atomic E-state index is 0.169. The molecule has 25 heavy (non-hydrogen) atoms. The first-order valence-corrected chi connectivity index (χ1v) is 13.8. The molecule has 0 radical (unpaired) electrons. The second-order valence-corrected chi connectivity index (χ2v) is 9.68. The summed E-state index contributed by atoms with van der Waals surface area (Å²) in [6.45, 7) is 8.66. The van der Waals surface area contributed by atoms with Crippen LogP contribution < -0.4 is 0 Å². The summed E-state index contributed by atoms with van der Waals surface area (Å²) < 4.78 is 13.1. The summed E-state index contributed by atoms with van der Waals surface area (Å²) >= 11 is 10.2. The van der Waals surface area contributed by atoms with Crippen molar-refractivity contribution in [1.29, 1.82) is 0 Å². The van der Waals surface area contributed by atoms with Gasteiger partial charge in [-0.25, -0.2) is 0 Å². The standard InChI is InChI=1S/C19H26BrClO2Si2/c1-19(2,18(22-24-3)23-25-4)15-7-5-6-14(12-15)17(21)13-8-10-16(20)11-9-13/h5-12,17-18H,24-25H2,1-4H3. The Morgan fingerprint density at radius 2 is 1.56 bits per heavy atom. The van der Waals surface area contributed by atoms with Gasteiger partial charge in [-0.1, -0.05) is 79.3 Å². The van der Waals surface area contributed by atoms with Crippen molar-refractivity contribution in [2.45, 2.75) is 44.0 Å². The van der Waals surface area contributed by atoms with Crippen molar-refractivity contribution in [3.63, 3.8) is 0 Å². The summed E-state index contributed by atoms with van der Waals surface area (Å²) in [4.78, 5) is 0. The van der Waals surface area contributed by atoms with E-state index >= 15 is 0 Å². The Morgan fingerprint density at radius 3 is 2.12 bits per heavy atom. The topological polar surface area (TPSA) is 18.5 Å². The Morgan fingerprint density at radius 1 is 0.960 bits per heavy atom. The Bertz CT molecular complexity index is 673. The van der Waals surface area contributed by atoms with Crippen molar-refractivity contribution in [2.75, 3.05) is 0 Å². The van der Waals surface area contributed by atoms with Crippen molar-refractivity contribution in [3.05, 3.63) is 69.7 Å². The van der Waals surface area contributed by atoms with E-state index in [-0.39, 0.29) is 17.1 Å². The van der Waals surface area contributed by atoms with Gasteiger partial charge < -0.3 is 8.85 Å². The molecule has 0 saturated heterocycles. The molecule has 0 spiro atoms. The predicted octanol–water partition coefficient (Wildman–Crippen LogP) is 4.68. The largest absolute Gasteiger partial charge is 0.400 e. The Kier molecular flexibility index (Phi) is 7.92. The van der Waals surface area contributed by atoms with Crippen LogP contribution in [0.25, 0.3) is 0 Å². The summed E-state index contributed by atoms with van der Waals surface area (Å²) in [5.41, 5.74) is 3.17. The molecule has 0 amide bonds. The normalized spacial score (nSPS) is 15.3. The van der Waals surface area contributed by atoms with E-state index in [4.69, 9.17) is 20.5 Å². The molecule has 0 aromatic heterocycles. The zero-order valence-corrected chi connectivity index (χ0v) is 20.4. The Labute approximate surface area is 169 Å². The highest BCUT2D eigenvalue weighted by Crippen LogP contribution is 2.35. The van der Waals surface area contributed by atoms with Crippen molar-refractivity contribution in [2.24, 2.45) is 0 Å². The van der Waals surface area contributed by atoms with Crippen LogP contribution in [0.2, 0.25) is 13.1 Å². The smallest absolute Gasteiger partial charge is 0.161 e. The first-order chi connectivity index (χ1) is 11.9. The SMILES string of the molecule is C[SiH2]OC(O[SiH2]C)C(C)(C)c1cccc(C(Cl)c2ccc(Br)cc2)c1. The summed E-state index contributed by atoms with van der Waals surface area (Å²) in [5.74, 6) is 0. The molecule has 136 valence electrons. The van der Waals surface area contributed by atoms with E-state index in [1.165, 1.54) is 5.56 Å². The van der Waals surface area contributed by atoms with Crippen LogP contribution in [-0.4, -0.2) is 25.8 Å². The van der Waals surface area contributed by atoms with E-state index in [0.717, 1.165) is 15.6 Å². The zero-order valence-electron chi connectivity index (χ0n) is 15.3. The lowest BCUT2D eigenvalue weighted by Gasteiger charge is -2.35. The van der Waals surface area contributed by atoms with Gasteiger partial charge in [0.15, 0.2) is 19.5 Å². The van der Waals surface area contributed by atoms with Crippen LogP contribution in [0.4, 0.5) is 0 Å². The van der Waals surface area contributed by atoms with Crippen LogP contribution in [0, 0.1) is 0 Å². The number of rotatable bonds is 8. The second-order valence-electron chi connectivity index (χ2n) is 6.50. The molecule has 0 saturated carbocycles. The van der Waals surface area contributed by atoms with Gasteiger partial charge in [0, 0.05) is 9.89 Å².